The fraction of sp³-hybridized carbons (Fsp3) is 0.250. The van der Waals surface area contributed by atoms with Gasteiger partial charge in [-0.1, -0.05) is 28.1 Å². The van der Waals surface area contributed by atoms with Crippen molar-refractivity contribution < 1.29 is 9.59 Å². The zero-order valence-corrected chi connectivity index (χ0v) is 12.9. The summed E-state index contributed by atoms with van der Waals surface area (Å²) in [6.45, 7) is 0.475. The van der Waals surface area contributed by atoms with E-state index in [0.717, 1.165) is 21.7 Å². The van der Waals surface area contributed by atoms with E-state index >= 15 is 0 Å². The van der Waals surface area contributed by atoms with Gasteiger partial charge in [-0.2, -0.15) is 0 Å². The van der Waals surface area contributed by atoms with Crippen LogP contribution in [-0.2, 0) is 4.79 Å². The summed E-state index contributed by atoms with van der Waals surface area (Å²) in [5, 5.41) is 7.83. The Kier molecular flexibility index (Phi) is 3.92. The van der Waals surface area contributed by atoms with E-state index in [4.69, 9.17) is 0 Å². The molecule has 108 valence electrons. The van der Waals surface area contributed by atoms with Crippen LogP contribution in [-0.4, -0.2) is 24.4 Å². The molecule has 0 saturated carbocycles. The Hall–Kier alpha value is -1.88. The first kappa shape index (κ1) is 14.1. The molecule has 5 heteroatoms. The molecule has 1 aliphatic rings. The molecule has 0 radical (unpaired) electrons. The molecule has 2 aromatic carbocycles. The van der Waals surface area contributed by atoms with Gasteiger partial charge in [0.15, 0.2) is 0 Å². The highest BCUT2D eigenvalue weighted by molar-refractivity contribution is 9.10. The molecule has 21 heavy (non-hydrogen) atoms. The van der Waals surface area contributed by atoms with Crippen molar-refractivity contribution >= 4 is 38.5 Å². The van der Waals surface area contributed by atoms with Gasteiger partial charge in [-0.15, -0.1) is 0 Å². The molecule has 1 atom stereocenters. The number of nitrogens with one attached hydrogen (secondary N) is 2. The van der Waals surface area contributed by atoms with Gasteiger partial charge in [0.2, 0.25) is 5.91 Å². The summed E-state index contributed by atoms with van der Waals surface area (Å²) < 4.78 is 1.02. The normalized spacial score (nSPS) is 17.8. The first-order valence-electron chi connectivity index (χ1n) is 6.89. The lowest BCUT2D eigenvalue weighted by atomic mass is 10.1. The van der Waals surface area contributed by atoms with Gasteiger partial charge in [0.05, 0.1) is 0 Å². The second kappa shape index (κ2) is 5.85. The lowest BCUT2D eigenvalue weighted by molar-refractivity contribution is -0.119. The third-order valence-electron chi connectivity index (χ3n) is 3.66. The van der Waals surface area contributed by atoms with Crippen molar-refractivity contribution in [2.75, 3.05) is 6.54 Å². The van der Waals surface area contributed by atoms with Gasteiger partial charge in [-0.05, 0) is 41.5 Å². The van der Waals surface area contributed by atoms with Crippen LogP contribution < -0.4 is 10.6 Å². The van der Waals surface area contributed by atoms with Crippen molar-refractivity contribution in [1.82, 2.24) is 10.6 Å². The molecule has 2 amide bonds. The van der Waals surface area contributed by atoms with Crippen molar-refractivity contribution in [2.45, 2.75) is 18.9 Å². The molecule has 1 unspecified atom stereocenters. The minimum absolute atomic E-state index is 0.0536. The van der Waals surface area contributed by atoms with E-state index in [1.54, 1.807) is 0 Å². The molecule has 0 aliphatic carbocycles. The number of hydrogen-bond acceptors (Lipinski definition) is 2. The zero-order valence-electron chi connectivity index (χ0n) is 11.4. The molecule has 2 N–H and O–H groups in total. The van der Waals surface area contributed by atoms with Crippen molar-refractivity contribution in [1.29, 1.82) is 0 Å². The second-order valence-corrected chi connectivity index (χ2v) is 6.14. The van der Waals surface area contributed by atoms with Gasteiger partial charge in [0.1, 0.15) is 0 Å². The predicted octanol–water partition coefficient (Wildman–Crippen LogP) is 2.61. The van der Waals surface area contributed by atoms with Crippen LogP contribution in [0.15, 0.2) is 40.9 Å². The van der Waals surface area contributed by atoms with Crippen LogP contribution in [0.2, 0.25) is 0 Å². The Morgan fingerprint density at radius 2 is 2.00 bits per heavy atom. The molecule has 1 aliphatic heterocycles. The molecular formula is C16H15BrN2O2. The number of halogens is 1. The molecule has 4 nitrogen and oxygen atoms in total. The van der Waals surface area contributed by atoms with Gasteiger partial charge in [-0.3, -0.25) is 9.59 Å². The molecule has 3 rings (SSSR count). The molecule has 0 spiro atoms. The average Bonchev–Trinajstić information content (AvgIpc) is 2.90. The number of amides is 2. The average molecular weight is 347 g/mol. The number of carbonyl (C=O) groups is 2. The number of rotatable bonds is 3. The molecule has 0 bridgehead atoms. The summed E-state index contributed by atoms with van der Waals surface area (Å²) in [4.78, 5) is 23.3. The Bertz CT molecular complexity index is 714. The van der Waals surface area contributed by atoms with Gasteiger partial charge >= 0.3 is 0 Å². The minimum atomic E-state index is -0.110. The Labute approximate surface area is 131 Å². The monoisotopic (exact) mass is 346 g/mol. The summed E-state index contributed by atoms with van der Waals surface area (Å²) in [6, 6.07) is 11.6. The summed E-state index contributed by atoms with van der Waals surface area (Å²) in [6.07, 6.45) is 1.33. The Morgan fingerprint density at radius 1 is 1.24 bits per heavy atom. The quantitative estimate of drug-likeness (QED) is 0.897. The Morgan fingerprint density at radius 3 is 2.76 bits per heavy atom. The fourth-order valence-electron chi connectivity index (χ4n) is 2.51. The maximum Gasteiger partial charge on any atom is 0.251 e. The number of carbonyl (C=O) groups excluding carboxylic acids is 2. The van der Waals surface area contributed by atoms with Gasteiger partial charge in [0.25, 0.3) is 5.91 Å². The van der Waals surface area contributed by atoms with Crippen LogP contribution in [0.1, 0.15) is 23.2 Å². The standard InChI is InChI=1S/C16H15BrN2O2/c17-13-4-3-10-7-12(2-1-11(10)8-13)16(21)18-9-14-5-6-15(20)19-14/h1-4,7-8,14H,5-6,9H2,(H,18,21)(H,19,20). The zero-order chi connectivity index (χ0) is 14.8. The molecule has 1 saturated heterocycles. The van der Waals surface area contributed by atoms with E-state index in [-0.39, 0.29) is 17.9 Å². The topological polar surface area (TPSA) is 58.2 Å². The molecule has 2 aromatic rings. The lowest BCUT2D eigenvalue weighted by Gasteiger charge is -2.11. The van der Waals surface area contributed by atoms with E-state index in [9.17, 15) is 9.59 Å². The van der Waals surface area contributed by atoms with Gasteiger partial charge < -0.3 is 10.6 Å². The highest BCUT2D eigenvalue weighted by Gasteiger charge is 2.21. The van der Waals surface area contributed by atoms with Crippen LogP contribution in [0.3, 0.4) is 0 Å². The fourth-order valence-corrected chi connectivity index (χ4v) is 2.89. The molecule has 1 fully saturated rings. The Balaban J connectivity index is 1.69. The first-order valence-corrected chi connectivity index (χ1v) is 7.68. The highest BCUT2D eigenvalue weighted by Crippen LogP contribution is 2.21. The van der Waals surface area contributed by atoms with Crippen LogP contribution in [0.4, 0.5) is 0 Å². The SMILES string of the molecule is O=C1CCC(CNC(=O)c2ccc3cc(Br)ccc3c2)N1. The van der Waals surface area contributed by atoms with Crippen LogP contribution in [0, 0.1) is 0 Å². The highest BCUT2D eigenvalue weighted by atomic mass is 79.9. The third kappa shape index (κ3) is 3.24. The number of benzene rings is 2. The first-order chi connectivity index (χ1) is 10.1. The lowest BCUT2D eigenvalue weighted by Crippen LogP contribution is -2.38. The number of fused-ring (bicyclic) bond motifs is 1. The smallest absolute Gasteiger partial charge is 0.251 e. The van der Waals surface area contributed by atoms with Crippen molar-refractivity contribution in [3.8, 4) is 0 Å². The molecule has 1 heterocycles. The van der Waals surface area contributed by atoms with E-state index in [2.05, 4.69) is 26.6 Å². The maximum absolute atomic E-state index is 12.2. The summed E-state index contributed by atoms with van der Waals surface area (Å²) >= 11 is 3.43. The summed E-state index contributed by atoms with van der Waals surface area (Å²) in [7, 11) is 0. The van der Waals surface area contributed by atoms with E-state index in [1.807, 2.05) is 36.4 Å². The van der Waals surface area contributed by atoms with E-state index in [0.29, 0.717) is 18.5 Å². The third-order valence-corrected chi connectivity index (χ3v) is 4.15. The van der Waals surface area contributed by atoms with E-state index in [1.165, 1.54) is 0 Å². The molecule has 0 aromatic heterocycles. The number of hydrogen-bond donors (Lipinski definition) is 2. The van der Waals surface area contributed by atoms with Crippen LogP contribution >= 0.6 is 15.9 Å². The van der Waals surface area contributed by atoms with Crippen molar-refractivity contribution in [2.24, 2.45) is 0 Å². The van der Waals surface area contributed by atoms with Gasteiger partial charge in [-0.25, -0.2) is 0 Å². The minimum Gasteiger partial charge on any atom is -0.352 e. The van der Waals surface area contributed by atoms with E-state index < -0.39 is 0 Å². The van der Waals surface area contributed by atoms with Crippen molar-refractivity contribution in [3.63, 3.8) is 0 Å². The molecular weight excluding hydrogens is 332 g/mol. The maximum atomic E-state index is 12.2. The van der Waals surface area contributed by atoms with Crippen molar-refractivity contribution in [3.05, 3.63) is 46.4 Å². The second-order valence-electron chi connectivity index (χ2n) is 5.22. The van der Waals surface area contributed by atoms with Crippen LogP contribution in [0.25, 0.3) is 10.8 Å². The van der Waals surface area contributed by atoms with Gasteiger partial charge in [0, 0.05) is 29.0 Å². The largest absolute Gasteiger partial charge is 0.352 e. The summed E-state index contributed by atoms with van der Waals surface area (Å²) in [5.41, 5.74) is 0.633. The summed E-state index contributed by atoms with van der Waals surface area (Å²) in [5.74, 6) is -0.0495. The van der Waals surface area contributed by atoms with Crippen LogP contribution in [0.5, 0.6) is 0 Å². The predicted molar refractivity (Wildman–Crippen MR) is 85.1 cm³/mol.